The van der Waals surface area contributed by atoms with Crippen molar-refractivity contribution in [3.63, 3.8) is 0 Å². The highest BCUT2D eigenvalue weighted by molar-refractivity contribution is 8.18. The summed E-state index contributed by atoms with van der Waals surface area (Å²) in [5.74, 6) is 0.135. The van der Waals surface area contributed by atoms with Gasteiger partial charge in [-0.05, 0) is 19.3 Å². The zero-order valence-corrected chi connectivity index (χ0v) is 15.7. The summed E-state index contributed by atoms with van der Waals surface area (Å²) in [6.45, 7) is 0. The lowest BCUT2D eigenvalue weighted by Gasteiger charge is -2.27. The maximum Gasteiger partial charge on any atom is 0.340 e. The highest BCUT2D eigenvalue weighted by Gasteiger charge is 2.33. The van der Waals surface area contributed by atoms with E-state index in [0.717, 1.165) is 30.3 Å². The maximum absolute atomic E-state index is 11.5. The van der Waals surface area contributed by atoms with Crippen LogP contribution in [0.15, 0.2) is 32.8 Å². The average Bonchev–Trinajstić information content (AvgIpc) is 3.14. The summed E-state index contributed by atoms with van der Waals surface area (Å²) >= 11 is 1.11. The molecule has 12 heteroatoms. The molecule has 2 unspecified atom stereocenters. The standard InChI is InChI=1S/C15H18N6O4S2/c16-27(24,25)12-4-3-10(26-12)14-17-6-8(15(22)23)13(19-14)18-11-5-9(20-21-11)7-1-2-7/h4-7,10,14,19H,1-3H2,(H,22,23)(H2,16,24,25)(H2,18,20,21). The van der Waals surface area contributed by atoms with E-state index in [1.54, 1.807) is 6.08 Å². The third kappa shape index (κ3) is 3.87. The molecule has 1 aliphatic carbocycles. The van der Waals surface area contributed by atoms with Gasteiger partial charge in [0.25, 0.3) is 0 Å². The monoisotopic (exact) mass is 410 g/mol. The minimum atomic E-state index is -3.75. The van der Waals surface area contributed by atoms with Crippen LogP contribution < -0.4 is 15.8 Å². The van der Waals surface area contributed by atoms with E-state index >= 15 is 0 Å². The van der Waals surface area contributed by atoms with Crippen LogP contribution in [0.4, 0.5) is 5.82 Å². The molecule has 0 bridgehead atoms. The van der Waals surface area contributed by atoms with E-state index in [1.165, 1.54) is 6.21 Å². The van der Waals surface area contributed by atoms with Crippen molar-refractivity contribution in [1.29, 1.82) is 0 Å². The number of allylic oxidation sites excluding steroid dienone is 1. The minimum absolute atomic E-state index is 0.0233. The average molecular weight is 410 g/mol. The van der Waals surface area contributed by atoms with E-state index in [0.29, 0.717) is 18.2 Å². The number of anilines is 1. The number of thioether (sulfide) groups is 1. The number of H-pyrrole nitrogens is 1. The van der Waals surface area contributed by atoms with Gasteiger partial charge in [0.15, 0.2) is 5.82 Å². The summed E-state index contributed by atoms with van der Waals surface area (Å²) < 4.78 is 23.1. The molecule has 0 amide bonds. The number of aromatic nitrogens is 2. The molecule has 2 atom stereocenters. The van der Waals surface area contributed by atoms with Crippen molar-refractivity contribution in [2.24, 2.45) is 10.1 Å². The summed E-state index contributed by atoms with van der Waals surface area (Å²) in [5, 5.41) is 27.5. The molecule has 1 aromatic heterocycles. The normalized spacial score (nSPS) is 25.3. The number of sulfonamides is 1. The van der Waals surface area contributed by atoms with Crippen LogP contribution in [0.2, 0.25) is 0 Å². The van der Waals surface area contributed by atoms with Gasteiger partial charge in [0.05, 0.1) is 5.25 Å². The van der Waals surface area contributed by atoms with Crippen LogP contribution in [-0.4, -0.2) is 47.3 Å². The largest absolute Gasteiger partial charge is 0.478 e. The first-order valence-electron chi connectivity index (χ1n) is 8.30. The van der Waals surface area contributed by atoms with Crippen LogP contribution >= 0.6 is 11.8 Å². The predicted molar refractivity (Wildman–Crippen MR) is 101 cm³/mol. The summed E-state index contributed by atoms with van der Waals surface area (Å²) in [6, 6.07) is 1.86. The molecule has 0 spiro atoms. The fourth-order valence-electron chi connectivity index (χ4n) is 2.90. The second-order valence-electron chi connectivity index (χ2n) is 6.53. The number of carboxylic acid groups (broad SMARTS) is 1. The summed E-state index contributed by atoms with van der Waals surface area (Å²) in [5.41, 5.74) is 0.995. The van der Waals surface area contributed by atoms with Crippen LogP contribution in [0.3, 0.4) is 0 Å². The second kappa shape index (κ2) is 6.69. The van der Waals surface area contributed by atoms with Gasteiger partial charge in [0, 0.05) is 23.9 Å². The lowest BCUT2D eigenvalue weighted by atomic mass is 10.2. The van der Waals surface area contributed by atoms with E-state index < -0.39 is 22.2 Å². The third-order valence-corrected chi connectivity index (χ3v) is 7.31. The van der Waals surface area contributed by atoms with Crippen molar-refractivity contribution in [2.45, 2.75) is 36.6 Å². The van der Waals surface area contributed by atoms with Gasteiger partial charge in [-0.3, -0.25) is 10.1 Å². The Labute approximate surface area is 159 Å². The van der Waals surface area contributed by atoms with Crippen molar-refractivity contribution < 1.29 is 18.3 Å². The first-order valence-corrected chi connectivity index (χ1v) is 10.7. The lowest BCUT2D eigenvalue weighted by molar-refractivity contribution is -0.132. The summed E-state index contributed by atoms with van der Waals surface area (Å²) in [7, 11) is -3.75. The number of aromatic amines is 1. The van der Waals surface area contributed by atoms with E-state index in [4.69, 9.17) is 5.14 Å². The molecule has 0 saturated heterocycles. The number of nitrogens with zero attached hydrogens (tertiary/aromatic N) is 2. The highest BCUT2D eigenvalue weighted by atomic mass is 32.3. The smallest absolute Gasteiger partial charge is 0.340 e. The molecule has 2 aliphatic heterocycles. The third-order valence-electron chi connectivity index (χ3n) is 4.44. The Bertz CT molecular complexity index is 976. The summed E-state index contributed by atoms with van der Waals surface area (Å²) in [4.78, 5) is 15.8. The number of rotatable bonds is 6. The Morgan fingerprint density at radius 1 is 1.41 bits per heavy atom. The molecular formula is C15H18N6O4S2. The molecule has 1 fully saturated rings. The van der Waals surface area contributed by atoms with Gasteiger partial charge in [0.2, 0.25) is 10.0 Å². The summed E-state index contributed by atoms with van der Waals surface area (Å²) in [6.07, 6.45) is 5.02. The molecule has 3 aliphatic rings. The van der Waals surface area contributed by atoms with Crippen molar-refractivity contribution in [3.05, 3.63) is 33.5 Å². The van der Waals surface area contributed by atoms with E-state index in [-0.39, 0.29) is 20.9 Å². The van der Waals surface area contributed by atoms with Crippen molar-refractivity contribution in [3.8, 4) is 0 Å². The van der Waals surface area contributed by atoms with Crippen molar-refractivity contribution in [2.75, 3.05) is 5.32 Å². The molecule has 10 nitrogen and oxygen atoms in total. The molecule has 6 N–H and O–H groups in total. The quantitative estimate of drug-likeness (QED) is 0.456. The molecule has 1 saturated carbocycles. The number of nitrogens with two attached hydrogens (primary N) is 1. The Balaban J connectivity index is 1.50. The van der Waals surface area contributed by atoms with Gasteiger partial charge in [-0.1, -0.05) is 6.08 Å². The first kappa shape index (κ1) is 18.1. The number of primary sulfonamides is 1. The van der Waals surface area contributed by atoms with Crippen molar-refractivity contribution in [1.82, 2.24) is 15.5 Å². The lowest BCUT2D eigenvalue weighted by Crippen LogP contribution is -2.41. The van der Waals surface area contributed by atoms with Gasteiger partial charge in [0.1, 0.15) is 21.8 Å². The fourth-order valence-corrected chi connectivity index (χ4v) is 5.09. The number of hydrogen-bond acceptors (Lipinski definition) is 8. The van der Waals surface area contributed by atoms with E-state index in [1.807, 2.05) is 6.07 Å². The highest BCUT2D eigenvalue weighted by Crippen LogP contribution is 2.40. The zero-order chi connectivity index (χ0) is 19.2. The van der Waals surface area contributed by atoms with Gasteiger partial charge in [-0.15, -0.1) is 11.8 Å². The Morgan fingerprint density at radius 2 is 2.19 bits per heavy atom. The number of carbonyl (C=O) groups is 1. The number of carboxylic acids is 1. The minimum Gasteiger partial charge on any atom is -0.478 e. The zero-order valence-electron chi connectivity index (χ0n) is 14.0. The van der Waals surface area contributed by atoms with Crippen molar-refractivity contribution >= 4 is 39.8 Å². The molecule has 3 heterocycles. The SMILES string of the molecule is NS(=O)(=O)C1=CCC(C2N=CC(C(=O)O)=C(Nc3cc(C4CC4)[nH]n3)N2)S1. The van der Waals surface area contributed by atoms with Gasteiger partial charge in [-0.25, -0.2) is 18.4 Å². The number of aliphatic imine (C=N–C) groups is 1. The van der Waals surface area contributed by atoms with Gasteiger partial charge in [-0.2, -0.15) is 5.10 Å². The van der Waals surface area contributed by atoms with Gasteiger partial charge < -0.3 is 15.7 Å². The Morgan fingerprint density at radius 3 is 2.81 bits per heavy atom. The van der Waals surface area contributed by atoms with Crippen LogP contribution in [0.25, 0.3) is 0 Å². The predicted octanol–water partition coefficient (Wildman–Crippen LogP) is 0.631. The Kier molecular flexibility index (Phi) is 4.48. The molecule has 27 heavy (non-hydrogen) atoms. The number of nitrogens with one attached hydrogen (secondary N) is 3. The molecule has 144 valence electrons. The van der Waals surface area contributed by atoms with Crippen LogP contribution in [-0.2, 0) is 14.8 Å². The second-order valence-corrected chi connectivity index (χ2v) is 9.60. The van der Waals surface area contributed by atoms with E-state index in [2.05, 4.69) is 25.8 Å². The molecule has 4 rings (SSSR count). The molecule has 1 aromatic rings. The van der Waals surface area contributed by atoms with Gasteiger partial charge >= 0.3 is 5.97 Å². The number of hydrogen-bond donors (Lipinski definition) is 5. The van der Waals surface area contributed by atoms with E-state index in [9.17, 15) is 18.3 Å². The molecule has 0 aromatic carbocycles. The maximum atomic E-state index is 11.5. The Hall–Kier alpha value is -2.31. The molecular weight excluding hydrogens is 392 g/mol. The fraction of sp³-hybridized carbons (Fsp3) is 0.400. The number of aliphatic carboxylic acids is 1. The first-order chi connectivity index (χ1) is 12.8. The van der Waals surface area contributed by atoms with Crippen LogP contribution in [0, 0.1) is 0 Å². The van der Waals surface area contributed by atoms with Crippen LogP contribution in [0.1, 0.15) is 30.9 Å². The molecule has 0 radical (unpaired) electrons. The topological polar surface area (TPSA) is 163 Å². The van der Waals surface area contributed by atoms with Crippen LogP contribution in [0.5, 0.6) is 0 Å².